The fourth-order valence-electron chi connectivity index (χ4n) is 8.49. The molecule has 7 rings (SSSR count). The van der Waals surface area contributed by atoms with E-state index in [-0.39, 0.29) is 10.8 Å². The molecule has 45 heavy (non-hydrogen) atoms. The summed E-state index contributed by atoms with van der Waals surface area (Å²) in [5.41, 5.74) is 12.2. The molecule has 0 N–H and O–H groups in total. The van der Waals surface area contributed by atoms with Crippen LogP contribution in [0.25, 0.3) is 27.1 Å². The summed E-state index contributed by atoms with van der Waals surface area (Å²) in [4.78, 5) is 2.49. The average Bonchev–Trinajstić information content (AvgIpc) is 3.41. The van der Waals surface area contributed by atoms with Gasteiger partial charge >= 0.3 is 0 Å². The molecule has 4 aromatic carbocycles. The lowest BCUT2D eigenvalue weighted by molar-refractivity contribution is 0.638. The summed E-state index contributed by atoms with van der Waals surface area (Å²) in [6.07, 6.45) is 13.5. The second kappa shape index (κ2) is 11.2. The van der Waals surface area contributed by atoms with Crippen LogP contribution in [0, 0.1) is 0 Å². The Balaban J connectivity index is 1.25. The molecule has 0 spiro atoms. The van der Waals surface area contributed by atoms with Gasteiger partial charge in [-0.1, -0.05) is 131 Å². The normalized spacial score (nSPS) is 20.8. The Hall–Kier alpha value is -3.81. The first-order chi connectivity index (χ1) is 21.7. The van der Waals surface area contributed by atoms with Gasteiger partial charge in [0.15, 0.2) is 0 Å². The van der Waals surface area contributed by atoms with E-state index in [0.717, 1.165) is 37.3 Å². The molecule has 228 valence electrons. The lowest BCUT2D eigenvalue weighted by Crippen LogP contribution is -2.25. The van der Waals surface area contributed by atoms with Gasteiger partial charge in [0.25, 0.3) is 0 Å². The molecule has 0 saturated carbocycles. The van der Waals surface area contributed by atoms with E-state index in [9.17, 15) is 0 Å². The van der Waals surface area contributed by atoms with Crippen molar-refractivity contribution in [1.29, 1.82) is 0 Å². The highest BCUT2D eigenvalue weighted by Crippen LogP contribution is 2.52. The summed E-state index contributed by atoms with van der Waals surface area (Å²) in [6.45, 7) is 15.0. The first-order valence-corrected chi connectivity index (χ1v) is 17.1. The second-order valence-corrected chi connectivity index (χ2v) is 14.3. The fraction of sp³-hybridized carbons (Fsp3) is 0.302. The average molecular weight is 610 g/mol. The first-order valence-electron chi connectivity index (χ1n) is 16.7. The van der Waals surface area contributed by atoms with E-state index in [1.165, 1.54) is 71.9 Å². The van der Waals surface area contributed by atoms with E-state index < -0.39 is 0 Å². The van der Waals surface area contributed by atoms with E-state index in [2.05, 4.69) is 144 Å². The number of anilines is 1. The molecule has 3 aliphatic rings. The molecule has 0 saturated heterocycles. The van der Waals surface area contributed by atoms with Crippen LogP contribution < -0.4 is 4.90 Å². The fourth-order valence-corrected chi connectivity index (χ4v) is 8.81. The number of benzene rings is 4. The molecule has 0 aromatic heterocycles. The molecule has 2 heteroatoms. The molecule has 0 atom stereocenters. The number of allylic oxidation sites excluding steroid dienone is 10. The van der Waals surface area contributed by atoms with Gasteiger partial charge in [0.05, 0.1) is 0 Å². The summed E-state index contributed by atoms with van der Waals surface area (Å²) < 4.78 is 0. The molecule has 0 unspecified atom stereocenters. The SMILES string of the molecule is CCC1=C(/C=C/C2=C(Cl)C(=C/C=C3/N(CC)c4ccc5ccccc5c4C3(C)C)/CCC2)C(C)(C)c2c1ccc1ccccc21. The zero-order chi connectivity index (χ0) is 31.5. The van der Waals surface area contributed by atoms with E-state index in [1.807, 2.05) is 0 Å². The number of rotatable bonds is 5. The maximum atomic E-state index is 7.24. The molecule has 1 heterocycles. The van der Waals surface area contributed by atoms with Gasteiger partial charge in [-0.2, -0.15) is 0 Å². The number of halogens is 1. The van der Waals surface area contributed by atoms with Gasteiger partial charge in [-0.25, -0.2) is 0 Å². The van der Waals surface area contributed by atoms with Crippen LogP contribution in [0.1, 0.15) is 83.9 Å². The zero-order valence-corrected chi connectivity index (χ0v) is 28.4. The molecule has 1 aliphatic heterocycles. The maximum absolute atomic E-state index is 7.24. The van der Waals surface area contributed by atoms with Crippen LogP contribution in [0.4, 0.5) is 5.69 Å². The Morgan fingerprint density at radius 3 is 2.09 bits per heavy atom. The molecule has 0 fully saturated rings. The highest BCUT2D eigenvalue weighted by molar-refractivity contribution is 6.32. The third-order valence-corrected chi connectivity index (χ3v) is 11.1. The van der Waals surface area contributed by atoms with Crippen molar-refractivity contribution in [1.82, 2.24) is 0 Å². The van der Waals surface area contributed by atoms with Crippen molar-refractivity contribution < 1.29 is 0 Å². The molecular formula is C43H44ClN. The standard InChI is InChI=1S/C43H44ClN/c1-7-32-35-24-20-28-14-9-11-18-33(28)39(35)42(3,4)36(32)25-21-30-16-13-17-31(41(30)44)23-27-38-43(5,6)40-34-19-12-10-15-29(34)22-26-37(40)45(38)8-2/h9-12,14-15,18-27H,7-8,13,16-17H2,1-6H3/b25-21+,31-23+,38-27+. The second-order valence-electron chi connectivity index (χ2n) is 13.9. The van der Waals surface area contributed by atoms with Crippen LogP contribution in [-0.2, 0) is 10.8 Å². The predicted octanol–water partition coefficient (Wildman–Crippen LogP) is 12.3. The number of likely N-dealkylation sites (N-methyl/N-ethyl adjacent to an activating group) is 1. The molecule has 1 nitrogen and oxygen atoms in total. The quantitative estimate of drug-likeness (QED) is 0.217. The third kappa shape index (κ3) is 4.66. The van der Waals surface area contributed by atoms with Crippen LogP contribution in [0.3, 0.4) is 0 Å². The van der Waals surface area contributed by atoms with Crippen LogP contribution in [0.15, 0.2) is 125 Å². The Kier molecular flexibility index (Phi) is 7.45. The summed E-state index contributed by atoms with van der Waals surface area (Å²) >= 11 is 7.24. The van der Waals surface area contributed by atoms with Crippen molar-refractivity contribution in [3.05, 3.63) is 141 Å². The van der Waals surface area contributed by atoms with Gasteiger partial charge in [0.2, 0.25) is 0 Å². The maximum Gasteiger partial charge on any atom is 0.0469 e. The Morgan fingerprint density at radius 1 is 0.733 bits per heavy atom. The van der Waals surface area contributed by atoms with Crippen molar-refractivity contribution in [3.8, 4) is 0 Å². The number of hydrogen-bond acceptors (Lipinski definition) is 1. The van der Waals surface area contributed by atoms with E-state index in [4.69, 9.17) is 11.6 Å². The minimum atomic E-state index is -0.104. The molecule has 0 radical (unpaired) electrons. The van der Waals surface area contributed by atoms with E-state index in [1.54, 1.807) is 0 Å². The van der Waals surface area contributed by atoms with Gasteiger partial charge in [-0.3, -0.25) is 0 Å². The van der Waals surface area contributed by atoms with Gasteiger partial charge in [-0.05, 0) is 105 Å². The van der Waals surface area contributed by atoms with Crippen molar-refractivity contribution in [3.63, 3.8) is 0 Å². The predicted molar refractivity (Wildman–Crippen MR) is 196 cm³/mol. The number of nitrogens with zero attached hydrogens (tertiary/aromatic N) is 1. The third-order valence-electron chi connectivity index (χ3n) is 10.7. The van der Waals surface area contributed by atoms with E-state index >= 15 is 0 Å². The van der Waals surface area contributed by atoms with E-state index in [0.29, 0.717) is 0 Å². The lowest BCUT2D eigenvalue weighted by Gasteiger charge is -2.26. The van der Waals surface area contributed by atoms with Crippen LogP contribution in [0.5, 0.6) is 0 Å². The Morgan fingerprint density at radius 2 is 1.40 bits per heavy atom. The van der Waals surface area contributed by atoms with Gasteiger partial charge in [0.1, 0.15) is 0 Å². The van der Waals surface area contributed by atoms with Crippen molar-refractivity contribution in [2.24, 2.45) is 0 Å². The molecule has 0 amide bonds. The summed E-state index contributed by atoms with van der Waals surface area (Å²) in [5.74, 6) is 0. The zero-order valence-electron chi connectivity index (χ0n) is 27.6. The molecule has 4 aromatic rings. The van der Waals surface area contributed by atoms with Crippen molar-refractivity contribution >= 4 is 44.4 Å². The first kappa shape index (κ1) is 29.9. The van der Waals surface area contributed by atoms with Crippen molar-refractivity contribution in [2.45, 2.75) is 78.1 Å². The topological polar surface area (TPSA) is 3.24 Å². The van der Waals surface area contributed by atoms with Crippen LogP contribution in [0.2, 0.25) is 0 Å². The Bertz CT molecular complexity index is 2010. The summed E-state index contributed by atoms with van der Waals surface area (Å²) in [6, 6.07) is 26.8. The van der Waals surface area contributed by atoms with Gasteiger partial charge in [-0.15, -0.1) is 0 Å². The Labute approximate surface area is 274 Å². The van der Waals surface area contributed by atoms with Crippen LogP contribution >= 0.6 is 11.6 Å². The molecule has 0 bridgehead atoms. The monoisotopic (exact) mass is 609 g/mol. The van der Waals surface area contributed by atoms with Crippen LogP contribution in [-0.4, -0.2) is 6.54 Å². The lowest BCUT2D eigenvalue weighted by atomic mass is 9.78. The minimum absolute atomic E-state index is 0.0698. The minimum Gasteiger partial charge on any atom is -0.344 e. The number of hydrogen-bond donors (Lipinski definition) is 0. The summed E-state index contributed by atoms with van der Waals surface area (Å²) in [7, 11) is 0. The summed E-state index contributed by atoms with van der Waals surface area (Å²) in [5, 5.41) is 6.26. The highest BCUT2D eigenvalue weighted by atomic mass is 35.5. The van der Waals surface area contributed by atoms with Crippen molar-refractivity contribution in [2.75, 3.05) is 11.4 Å². The smallest absolute Gasteiger partial charge is 0.0469 e. The molecule has 2 aliphatic carbocycles. The van der Waals surface area contributed by atoms with Gasteiger partial charge < -0.3 is 4.90 Å². The number of fused-ring (bicyclic) bond motifs is 6. The highest BCUT2D eigenvalue weighted by Gasteiger charge is 2.41. The largest absolute Gasteiger partial charge is 0.344 e. The molecular weight excluding hydrogens is 566 g/mol. The van der Waals surface area contributed by atoms with Gasteiger partial charge in [0, 0.05) is 33.8 Å².